The Balaban J connectivity index is 1.79. The smallest absolute Gasteiger partial charge is 0.405 e. The average molecular weight is 551 g/mol. The van der Waals surface area contributed by atoms with Crippen LogP contribution in [0.4, 0.5) is 13.2 Å². The van der Waals surface area contributed by atoms with Gasteiger partial charge < -0.3 is 14.8 Å². The molecule has 4 aromatic rings. The number of aryl methyl sites for hydroxylation is 1. The predicted molar refractivity (Wildman–Crippen MR) is 140 cm³/mol. The maximum absolute atomic E-state index is 13.1. The highest BCUT2D eigenvalue weighted by Gasteiger charge is 2.33. The minimum absolute atomic E-state index is 0.211. The van der Waals surface area contributed by atoms with Crippen molar-refractivity contribution >= 4 is 33.4 Å². The molecule has 196 valence electrons. The number of alkyl halides is 3. The number of rotatable bonds is 9. The lowest BCUT2D eigenvalue weighted by Crippen LogP contribution is -2.17. The lowest BCUT2D eigenvalue weighted by atomic mass is 9.96. The van der Waals surface area contributed by atoms with Crippen molar-refractivity contribution in [2.75, 3.05) is 12.4 Å². The number of benzene rings is 3. The van der Waals surface area contributed by atoms with Crippen molar-refractivity contribution < 1.29 is 27.2 Å². The molecule has 0 aliphatic heterocycles. The van der Waals surface area contributed by atoms with E-state index in [4.69, 9.17) is 16.6 Å². The number of hydrogen-bond acceptors (Lipinski definition) is 4. The summed E-state index contributed by atoms with van der Waals surface area (Å²) in [5, 5.41) is 10.5. The largest absolute Gasteiger partial charge is 0.573 e. The van der Waals surface area contributed by atoms with Gasteiger partial charge in [-0.1, -0.05) is 55.8 Å². The van der Waals surface area contributed by atoms with E-state index in [1.807, 2.05) is 26.0 Å². The molecule has 0 bridgehead atoms. The van der Waals surface area contributed by atoms with Crippen LogP contribution in [-0.2, 0) is 17.2 Å². The van der Waals surface area contributed by atoms with E-state index in [1.165, 1.54) is 18.2 Å². The minimum atomic E-state index is -4.86. The van der Waals surface area contributed by atoms with Gasteiger partial charge >= 0.3 is 6.36 Å². The molecule has 5 nitrogen and oxygen atoms in total. The van der Waals surface area contributed by atoms with Crippen LogP contribution in [0.15, 0.2) is 59.5 Å². The normalized spacial score (nSPS) is 13.6. The van der Waals surface area contributed by atoms with Crippen LogP contribution in [0.25, 0.3) is 22.2 Å². The van der Waals surface area contributed by atoms with Gasteiger partial charge in [0.1, 0.15) is 11.6 Å². The maximum atomic E-state index is 13.1. The molecule has 0 saturated heterocycles. The summed E-state index contributed by atoms with van der Waals surface area (Å²) in [6.45, 7) is 3.61. The Kier molecular flexibility index (Phi) is 8.26. The Hall–Kier alpha value is -2.88. The highest BCUT2D eigenvalue weighted by Crippen LogP contribution is 2.42. The molecule has 0 amide bonds. The summed E-state index contributed by atoms with van der Waals surface area (Å²) in [7, 11) is -1.08. The molecule has 0 aliphatic rings. The number of nitrogens with one attached hydrogen (secondary N) is 1. The summed E-state index contributed by atoms with van der Waals surface area (Å²) < 4.78 is 55.7. The lowest BCUT2D eigenvalue weighted by Gasteiger charge is -2.17. The van der Waals surface area contributed by atoms with E-state index in [1.54, 1.807) is 24.3 Å². The molecule has 10 heteroatoms. The SMILES string of the molecule is CCCS(=O)c1ccc(C(CO)c2nc3c(CC)c(-c4ccccc4OC(F)(F)F)c(Cl)cc3[nH]2)cc1. The summed E-state index contributed by atoms with van der Waals surface area (Å²) in [4.78, 5) is 8.69. The van der Waals surface area contributed by atoms with E-state index >= 15 is 0 Å². The first kappa shape index (κ1) is 27.2. The molecule has 37 heavy (non-hydrogen) atoms. The average Bonchev–Trinajstić information content (AvgIpc) is 3.27. The minimum Gasteiger partial charge on any atom is -0.405 e. The number of ether oxygens (including phenoxy) is 1. The predicted octanol–water partition coefficient (Wildman–Crippen LogP) is 6.99. The van der Waals surface area contributed by atoms with Gasteiger partial charge in [-0.05, 0) is 48.2 Å². The van der Waals surface area contributed by atoms with E-state index < -0.39 is 23.1 Å². The number of aromatic amines is 1. The van der Waals surface area contributed by atoms with Gasteiger partial charge in [0.05, 0.1) is 39.4 Å². The Morgan fingerprint density at radius 1 is 1.14 bits per heavy atom. The van der Waals surface area contributed by atoms with Crippen molar-refractivity contribution in [3.63, 3.8) is 0 Å². The van der Waals surface area contributed by atoms with E-state index in [0.29, 0.717) is 40.2 Å². The van der Waals surface area contributed by atoms with Crippen LogP contribution in [0.3, 0.4) is 0 Å². The molecule has 0 saturated carbocycles. The summed E-state index contributed by atoms with van der Waals surface area (Å²) in [6, 6.07) is 14.7. The summed E-state index contributed by atoms with van der Waals surface area (Å²) in [5.74, 6) is 0.221. The summed E-state index contributed by atoms with van der Waals surface area (Å²) >= 11 is 6.61. The van der Waals surface area contributed by atoms with Gasteiger partial charge in [-0.15, -0.1) is 13.2 Å². The molecular formula is C27H26ClF3N2O3S. The van der Waals surface area contributed by atoms with E-state index in [-0.39, 0.29) is 22.9 Å². The van der Waals surface area contributed by atoms with Crippen LogP contribution in [-0.4, -0.2) is 38.0 Å². The molecule has 2 N–H and O–H groups in total. The zero-order valence-corrected chi connectivity index (χ0v) is 21.8. The lowest BCUT2D eigenvalue weighted by molar-refractivity contribution is -0.274. The topological polar surface area (TPSA) is 75.2 Å². The van der Waals surface area contributed by atoms with Crippen LogP contribution in [0.5, 0.6) is 5.75 Å². The van der Waals surface area contributed by atoms with Gasteiger partial charge in [-0.3, -0.25) is 4.21 Å². The van der Waals surface area contributed by atoms with Crippen molar-refractivity contribution in [2.45, 2.75) is 43.9 Å². The number of aromatic nitrogens is 2. The molecule has 4 rings (SSSR count). The Morgan fingerprint density at radius 3 is 2.46 bits per heavy atom. The molecule has 2 unspecified atom stereocenters. The Bertz CT molecular complexity index is 1420. The summed E-state index contributed by atoms with van der Waals surface area (Å²) in [6.07, 6.45) is -3.60. The number of hydrogen-bond donors (Lipinski definition) is 2. The van der Waals surface area contributed by atoms with Crippen LogP contribution in [0.1, 0.15) is 43.1 Å². The van der Waals surface area contributed by atoms with E-state index in [2.05, 4.69) is 9.72 Å². The highest BCUT2D eigenvalue weighted by atomic mass is 35.5. The second-order valence-corrected chi connectivity index (χ2v) is 10.5. The van der Waals surface area contributed by atoms with Crippen LogP contribution < -0.4 is 4.74 Å². The molecule has 0 aliphatic carbocycles. The highest BCUT2D eigenvalue weighted by molar-refractivity contribution is 7.85. The van der Waals surface area contributed by atoms with Crippen molar-refractivity contribution in [3.8, 4) is 16.9 Å². The fraction of sp³-hybridized carbons (Fsp3) is 0.296. The first-order valence-electron chi connectivity index (χ1n) is 11.8. The van der Waals surface area contributed by atoms with Crippen LogP contribution in [0.2, 0.25) is 5.02 Å². The third-order valence-corrected chi connectivity index (χ3v) is 7.91. The van der Waals surface area contributed by atoms with Crippen molar-refractivity contribution in [2.24, 2.45) is 0 Å². The molecule has 2 atom stereocenters. The Morgan fingerprint density at radius 2 is 1.84 bits per heavy atom. The van der Waals surface area contributed by atoms with E-state index in [9.17, 15) is 22.5 Å². The second kappa shape index (κ2) is 11.2. The first-order chi connectivity index (χ1) is 17.7. The van der Waals surface area contributed by atoms with Crippen LogP contribution in [0, 0.1) is 0 Å². The standard InChI is InChI=1S/C27H26ClF3N2O3S/c1-3-13-37(35)17-11-9-16(10-12-17)20(15-34)26-32-22-14-21(28)24(18(4-2)25(22)33-26)19-7-5-6-8-23(19)36-27(29,30)31/h5-12,14,20,34H,3-4,13,15H2,1-2H3,(H,32,33). The number of H-pyrrole nitrogens is 1. The third-order valence-electron chi connectivity index (χ3n) is 6.03. The molecule has 0 radical (unpaired) electrons. The zero-order chi connectivity index (χ0) is 26.7. The van der Waals surface area contributed by atoms with Crippen molar-refractivity contribution in [3.05, 3.63) is 76.6 Å². The molecule has 0 spiro atoms. The van der Waals surface area contributed by atoms with Gasteiger partial charge in [0.25, 0.3) is 0 Å². The number of para-hydroxylation sites is 1. The van der Waals surface area contributed by atoms with Gasteiger partial charge in [0.15, 0.2) is 0 Å². The van der Waals surface area contributed by atoms with Gasteiger partial charge in [0, 0.05) is 21.8 Å². The molecular weight excluding hydrogens is 525 g/mol. The first-order valence-corrected chi connectivity index (χ1v) is 13.5. The third kappa shape index (κ3) is 5.84. The number of aliphatic hydroxyl groups is 1. The van der Waals surface area contributed by atoms with Crippen molar-refractivity contribution in [1.82, 2.24) is 9.97 Å². The number of imidazole rings is 1. The quantitative estimate of drug-likeness (QED) is 0.236. The second-order valence-electron chi connectivity index (χ2n) is 8.48. The molecule has 0 fully saturated rings. The summed E-state index contributed by atoms with van der Waals surface area (Å²) in [5.41, 5.74) is 3.23. The molecule has 1 aromatic heterocycles. The molecule has 3 aromatic carbocycles. The number of fused-ring (bicyclic) bond motifs is 1. The fourth-order valence-electron chi connectivity index (χ4n) is 4.39. The van der Waals surface area contributed by atoms with Crippen LogP contribution >= 0.6 is 11.6 Å². The Labute approximate surface area is 220 Å². The number of aliphatic hydroxyl groups excluding tert-OH is 1. The van der Waals surface area contributed by atoms with Gasteiger partial charge in [-0.25, -0.2) is 4.98 Å². The number of halogens is 4. The fourth-order valence-corrected chi connectivity index (χ4v) is 5.77. The monoisotopic (exact) mass is 550 g/mol. The van der Waals surface area contributed by atoms with Crippen molar-refractivity contribution in [1.29, 1.82) is 0 Å². The number of nitrogens with zero attached hydrogens (tertiary/aromatic N) is 1. The molecule has 1 heterocycles. The van der Waals surface area contributed by atoms with E-state index in [0.717, 1.165) is 16.9 Å². The van der Waals surface area contributed by atoms with Gasteiger partial charge in [0.2, 0.25) is 0 Å². The zero-order valence-electron chi connectivity index (χ0n) is 20.2. The maximum Gasteiger partial charge on any atom is 0.573 e. The van der Waals surface area contributed by atoms with Gasteiger partial charge in [-0.2, -0.15) is 0 Å².